The summed E-state index contributed by atoms with van der Waals surface area (Å²) in [6, 6.07) is 0. The van der Waals surface area contributed by atoms with Crippen LogP contribution < -0.4 is 0 Å². The summed E-state index contributed by atoms with van der Waals surface area (Å²) in [5.41, 5.74) is -0.821. The molecular formula is C13H24O3. The Kier molecular flexibility index (Phi) is 3.68. The van der Waals surface area contributed by atoms with Crippen molar-refractivity contribution in [3.8, 4) is 0 Å². The van der Waals surface area contributed by atoms with Crippen LogP contribution in [0.4, 0.5) is 0 Å². The summed E-state index contributed by atoms with van der Waals surface area (Å²) in [5.74, 6) is -0.00213. The number of methoxy groups -OCH3 is 1. The highest BCUT2D eigenvalue weighted by Gasteiger charge is 2.48. The Morgan fingerprint density at radius 3 is 2.38 bits per heavy atom. The van der Waals surface area contributed by atoms with Crippen LogP contribution in [0.25, 0.3) is 0 Å². The Labute approximate surface area is 98.2 Å². The lowest BCUT2D eigenvalue weighted by Gasteiger charge is -2.47. The zero-order chi connectivity index (χ0) is 12.6. The molecule has 0 saturated heterocycles. The van der Waals surface area contributed by atoms with Crippen molar-refractivity contribution in [3.63, 3.8) is 0 Å². The lowest BCUT2D eigenvalue weighted by atomic mass is 9.61. The van der Waals surface area contributed by atoms with E-state index in [2.05, 4.69) is 0 Å². The van der Waals surface area contributed by atoms with Gasteiger partial charge >= 0.3 is 5.97 Å². The fourth-order valence-corrected chi connectivity index (χ4v) is 2.86. The van der Waals surface area contributed by atoms with Gasteiger partial charge in [0.2, 0.25) is 0 Å². The Morgan fingerprint density at radius 2 is 2.00 bits per heavy atom. The van der Waals surface area contributed by atoms with Crippen LogP contribution in [-0.4, -0.2) is 23.8 Å². The molecule has 0 aromatic rings. The van der Waals surface area contributed by atoms with Crippen LogP contribution >= 0.6 is 0 Å². The molecule has 1 rings (SSSR count). The second-order valence-electron chi connectivity index (χ2n) is 6.04. The molecule has 3 heteroatoms. The van der Waals surface area contributed by atoms with E-state index >= 15 is 0 Å². The minimum absolute atomic E-state index is 0.0866. The number of ether oxygens (including phenoxy) is 1. The third kappa shape index (κ3) is 2.40. The van der Waals surface area contributed by atoms with E-state index < -0.39 is 5.60 Å². The van der Waals surface area contributed by atoms with Crippen molar-refractivity contribution >= 4 is 5.97 Å². The van der Waals surface area contributed by atoms with Crippen LogP contribution in [0.15, 0.2) is 0 Å². The van der Waals surface area contributed by atoms with Gasteiger partial charge in [0.1, 0.15) is 0 Å². The first-order valence-corrected chi connectivity index (χ1v) is 6.03. The molecule has 1 saturated carbocycles. The molecule has 0 bridgehead atoms. The van der Waals surface area contributed by atoms with Crippen LogP contribution in [0.5, 0.6) is 0 Å². The van der Waals surface area contributed by atoms with Crippen LogP contribution in [0.3, 0.4) is 0 Å². The van der Waals surface area contributed by atoms with Gasteiger partial charge in [-0.2, -0.15) is 0 Å². The van der Waals surface area contributed by atoms with E-state index in [4.69, 9.17) is 4.74 Å². The first-order chi connectivity index (χ1) is 7.23. The zero-order valence-electron chi connectivity index (χ0n) is 11.0. The van der Waals surface area contributed by atoms with E-state index in [9.17, 15) is 9.90 Å². The number of esters is 1. The van der Waals surface area contributed by atoms with Crippen molar-refractivity contribution < 1.29 is 14.6 Å². The highest BCUT2D eigenvalue weighted by atomic mass is 16.5. The molecule has 0 aromatic carbocycles. The van der Waals surface area contributed by atoms with Crippen molar-refractivity contribution in [2.24, 2.45) is 17.3 Å². The summed E-state index contributed by atoms with van der Waals surface area (Å²) in [6.45, 7) is 8.16. The molecule has 0 aromatic heterocycles. The minimum atomic E-state index is -0.631. The Hall–Kier alpha value is -0.570. The van der Waals surface area contributed by atoms with Gasteiger partial charge in [0.15, 0.2) is 0 Å². The number of aliphatic hydroxyl groups is 1. The van der Waals surface area contributed by atoms with E-state index in [0.29, 0.717) is 19.3 Å². The van der Waals surface area contributed by atoms with Crippen molar-refractivity contribution in [1.82, 2.24) is 0 Å². The molecule has 16 heavy (non-hydrogen) atoms. The quantitative estimate of drug-likeness (QED) is 0.738. The number of hydrogen-bond donors (Lipinski definition) is 1. The molecule has 1 aliphatic carbocycles. The molecular weight excluding hydrogens is 204 g/mol. The van der Waals surface area contributed by atoms with E-state index in [-0.39, 0.29) is 23.2 Å². The number of carbonyl (C=O) groups is 1. The first kappa shape index (κ1) is 13.5. The van der Waals surface area contributed by atoms with Crippen molar-refractivity contribution in [2.45, 2.75) is 52.6 Å². The third-order valence-electron chi connectivity index (χ3n) is 4.13. The monoisotopic (exact) mass is 228 g/mol. The number of hydrogen-bond acceptors (Lipinski definition) is 3. The fourth-order valence-electron chi connectivity index (χ4n) is 2.86. The molecule has 1 aliphatic rings. The smallest absolute Gasteiger partial charge is 0.309 e. The highest BCUT2D eigenvalue weighted by Crippen LogP contribution is 2.48. The maximum Gasteiger partial charge on any atom is 0.309 e. The fraction of sp³-hybridized carbons (Fsp3) is 0.923. The Balaban J connectivity index is 2.84. The van der Waals surface area contributed by atoms with Gasteiger partial charge in [-0.1, -0.05) is 27.7 Å². The molecule has 1 fully saturated rings. The molecule has 0 radical (unpaired) electrons. The first-order valence-electron chi connectivity index (χ1n) is 6.03. The summed E-state index contributed by atoms with van der Waals surface area (Å²) < 4.78 is 4.83. The zero-order valence-corrected chi connectivity index (χ0v) is 11.0. The molecule has 1 N–H and O–H groups in total. The Morgan fingerprint density at radius 1 is 1.44 bits per heavy atom. The number of carbonyl (C=O) groups excluding carboxylic acids is 1. The van der Waals surface area contributed by atoms with Gasteiger partial charge in [0.25, 0.3) is 0 Å². The molecule has 0 amide bonds. The molecule has 0 heterocycles. The highest BCUT2D eigenvalue weighted by molar-refractivity contribution is 5.73. The second-order valence-corrected chi connectivity index (χ2v) is 6.04. The Bertz CT molecular complexity index is 270. The SMILES string of the molecule is COC(=O)C1CCC(O)(C(C)C)CC1(C)C. The second kappa shape index (κ2) is 4.36. The molecule has 0 spiro atoms. The van der Waals surface area contributed by atoms with E-state index in [1.54, 1.807) is 0 Å². The maximum absolute atomic E-state index is 11.7. The number of rotatable bonds is 2. The van der Waals surface area contributed by atoms with Crippen LogP contribution in [0, 0.1) is 17.3 Å². The minimum Gasteiger partial charge on any atom is -0.469 e. The molecule has 3 nitrogen and oxygen atoms in total. The van der Waals surface area contributed by atoms with Crippen molar-refractivity contribution in [1.29, 1.82) is 0 Å². The summed E-state index contributed by atoms with van der Waals surface area (Å²) in [4.78, 5) is 11.7. The van der Waals surface area contributed by atoms with Crippen LogP contribution in [0.1, 0.15) is 47.0 Å². The average molecular weight is 228 g/mol. The predicted molar refractivity (Wildman–Crippen MR) is 62.9 cm³/mol. The van der Waals surface area contributed by atoms with Gasteiger partial charge in [-0.05, 0) is 30.6 Å². The summed E-state index contributed by atoms with van der Waals surface area (Å²) in [6.07, 6.45) is 2.07. The van der Waals surface area contributed by atoms with Gasteiger partial charge in [-0.15, -0.1) is 0 Å². The van der Waals surface area contributed by atoms with E-state index in [1.165, 1.54) is 7.11 Å². The molecule has 0 aliphatic heterocycles. The normalized spacial score (nSPS) is 33.8. The molecule has 2 atom stereocenters. The van der Waals surface area contributed by atoms with E-state index in [0.717, 1.165) is 0 Å². The molecule has 94 valence electrons. The largest absolute Gasteiger partial charge is 0.469 e. The van der Waals surface area contributed by atoms with Crippen molar-refractivity contribution in [2.75, 3.05) is 7.11 Å². The molecule has 2 unspecified atom stereocenters. The maximum atomic E-state index is 11.7. The summed E-state index contributed by atoms with van der Waals surface area (Å²) >= 11 is 0. The van der Waals surface area contributed by atoms with Gasteiger partial charge in [0.05, 0.1) is 18.6 Å². The van der Waals surface area contributed by atoms with E-state index in [1.807, 2.05) is 27.7 Å². The van der Waals surface area contributed by atoms with Crippen molar-refractivity contribution in [3.05, 3.63) is 0 Å². The van der Waals surface area contributed by atoms with Gasteiger partial charge in [0, 0.05) is 0 Å². The van der Waals surface area contributed by atoms with Crippen LogP contribution in [-0.2, 0) is 9.53 Å². The third-order valence-corrected chi connectivity index (χ3v) is 4.13. The average Bonchev–Trinajstić information content (AvgIpc) is 2.15. The van der Waals surface area contributed by atoms with Gasteiger partial charge in [-0.3, -0.25) is 4.79 Å². The lowest BCUT2D eigenvalue weighted by molar-refractivity contribution is -0.159. The van der Waals surface area contributed by atoms with Gasteiger partial charge < -0.3 is 9.84 Å². The summed E-state index contributed by atoms with van der Waals surface area (Å²) in [7, 11) is 1.43. The topological polar surface area (TPSA) is 46.5 Å². The van der Waals surface area contributed by atoms with Gasteiger partial charge in [-0.25, -0.2) is 0 Å². The lowest BCUT2D eigenvalue weighted by Crippen LogP contribution is -2.49. The predicted octanol–water partition coefficient (Wildman–Crippen LogP) is 2.37. The summed E-state index contributed by atoms with van der Waals surface area (Å²) in [5, 5.41) is 10.5. The van der Waals surface area contributed by atoms with Crippen LogP contribution in [0.2, 0.25) is 0 Å². The standard InChI is InChI=1S/C13H24O3/c1-9(2)13(15)7-6-10(11(14)16-5)12(3,4)8-13/h9-10,15H,6-8H2,1-5H3.